The zero-order valence-electron chi connectivity index (χ0n) is 39.3. The number of nitrogens with one attached hydrogen (secondary N) is 1. The van der Waals surface area contributed by atoms with Gasteiger partial charge in [0.15, 0.2) is 0 Å². The van der Waals surface area contributed by atoms with E-state index in [2.05, 4.69) is 51.8 Å². The number of ether oxygens (including phenoxy) is 1. The van der Waals surface area contributed by atoms with Crippen molar-refractivity contribution < 1.29 is 33.0 Å². The third-order valence-corrected chi connectivity index (χ3v) is 23.6. The maximum Gasteiger partial charge on any atom is 0.309 e. The lowest BCUT2D eigenvalue weighted by Gasteiger charge is -2.73. The van der Waals surface area contributed by atoms with E-state index in [1.54, 1.807) is 18.2 Å². The Kier molecular flexibility index (Phi) is 11.2. The van der Waals surface area contributed by atoms with Crippen LogP contribution in [0.25, 0.3) is 0 Å². The molecule has 7 saturated carbocycles. The van der Waals surface area contributed by atoms with Crippen molar-refractivity contribution >= 4 is 22.0 Å². The summed E-state index contributed by atoms with van der Waals surface area (Å²) in [6.45, 7) is 27.6. The molecule has 10 nitrogen and oxygen atoms in total. The predicted octanol–water partition coefficient (Wildman–Crippen LogP) is 7.97. The lowest BCUT2D eigenvalue weighted by atomic mass is 9.32. The number of carbonyl (C=O) groups is 2. The second-order valence-electron chi connectivity index (χ2n) is 24.7. The second kappa shape index (κ2) is 14.9. The molecule has 1 aliphatic heterocycles. The summed E-state index contributed by atoms with van der Waals surface area (Å²) in [5.74, 6) is 1.17. The van der Waals surface area contributed by atoms with Crippen molar-refractivity contribution in [2.75, 3.05) is 32.7 Å². The smallest absolute Gasteiger partial charge is 0.309 e. The van der Waals surface area contributed by atoms with E-state index >= 15 is 0 Å². The summed E-state index contributed by atoms with van der Waals surface area (Å²) in [7, 11) is -3.29. The van der Waals surface area contributed by atoms with Crippen molar-refractivity contribution in [3.05, 3.63) is 0 Å². The van der Waals surface area contributed by atoms with Crippen molar-refractivity contribution in [3.8, 4) is 0 Å². The minimum Gasteiger partial charge on any atom is -0.481 e. The van der Waals surface area contributed by atoms with Gasteiger partial charge in [-0.15, -0.1) is 0 Å². The first-order valence-corrected chi connectivity index (χ1v) is 25.9. The number of carbonyl (C=O) groups excluding carboxylic acids is 1. The Morgan fingerprint density at radius 1 is 0.733 bits per heavy atom. The van der Waals surface area contributed by atoms with Gasteiger partial charge in [0, 0.05) is 49.7 Å². The maximum absolute atomic E-state index is 13.7. The summed E-state index contributed by atoms with van der Waals surface area (Å²) in [5, 5.41) is 24.9. The number of sulfonamides is 1. The topological polar surface area (TPSA) is 136 Å². The van der Waals surface area contributed by atoms with Crippen LogP contribution in [0.4, 0.5) is 0 Å². The summed E-state index contributed by atoms with van der Waals surface area (Å²) in [5.41, 5.74) is 0.326. The van der Waals surface area contributed by atoms with Gasteiger partial charge in [-0.2, -0.15) is 4.31 Å². The average molecular weight is 858 g/mol. The number of rotatable bonds is 11. The molecule has 0 aromatic heterocycles. The van der Waals surface area contributed by atoms with Gasteiger partial charge in [0.1, 0.15) is 6.10 Å². The highest BCUT2D eigenvalue weighted by Crippen LogP contribution is 2.78. The maximum atomic E-state index is 13.7. The average Bonchev–Trinajstić information content (AvgIpc) is 3.78. The Labute approximate surface area is 363 Å². The fourth-order valence-corrected chi connectivity index (χ4v) is 18.2. The summed E-state index contributed by atoms with van der Waals surface area (Å²) in [4.78, 5) is 27.9. The van der Waals surface area contributed by atoms with Crippen molar-refractivity contribution in [1.29, 1.82) is 0 Å². The molecule has 11 heteroatoms. The first-order valence-electron chi connectivity index (χ1n) is 24.4. The first-order chi connectivity index (χ1) is 27.8. The lowest BCUT2D eigenvalue weighted by Crippen LogP contribution is -2.69. The van der Waals surface area contributed by atoms with E-state index < -0.39 is 38.7 Å². The molecule has 0 aromatic carbocycles. The molecular weight excluding hydrogens is 775 g/mol. The number of hydrogen-bond acceptors (Lipinski definition) is 8. The molecule has 0 radical (unpaired) electrons. The Balaban J connectivity index is 1.00. The van der Waals surface area contributed by atoms with E-state index in [-0.39, 0.29) is 51.2 Å². The molecule has 7 aliphatic carbocycles. The van der Waals surface area contributed by atoms with Crippen LogP contribution in [0, 0.1) is 73.9 Å². The standard InChI is InChI=1S/C49H83N3O7S/c1-30(2)60(57,58)52-26-24-51(25-27-52)36(31(3)53)29-50-49-19-14-32(45(8)20-21-45)40(49)33-12-13-38-46(9)17-16-39(59-42(56)35-28-34(41(54)55)43(35,4)5)44(6,7)37(46)15-18-48(38,11)47(33,10)22-23-49/h30-40,50,53H,12-29H2,1-11H3,(H,54,55)/t31-,32?,33-,34+,35-,36?,37+,38-,39+,40-,46+,47-,48-,49+/m1/s1. The summed E-state index contributed by atoms with van der Waals surface area (Å²) in [6, 6.07) is -0.0593. The van der Waals surface area contributed by atoms with Crippen LogP contribution in [0.1, 0.15) is 160 Å². The molecule has 1 heterocycles. The number of nitrogens with zero attached hydrogens (tertiary/aromatic N) is 2. The van der Waals surface area contributed by atoms with Crippen LogP contribution in [0.2, 0.25) is 0 Å². The summed E-state index contributed by atoms with van der Waals surface area (Å²) in [6.07, 6.45) is 14.1. The van der Waals surface area contributed by atoms with E-state index in [0.29, 0.717) is 67.6 Å². The number of esters is 1. The van der Waals surface area contributed by atoms with Crippen LogP contribution in [0.15, 0.2) is 0 Å². The molecule has 8 rings (SSSR count). The number of carboxylic acids is 1. The highest BCUT2D eigenvalue weighted by Gasteiger charge is 2.72. The van der Waals surface area contributed by atoms with Crippen LogP contribution in [0.5, 0.6) is 0 Å². The number of aliphatic carboxylic acids is 1. The molecule has 342 valence electrons. The van der Waals surface area contributed by atoms with Gasteiger partial charge in [-0.25, -0.2) is 8.42 Å². The zero-order chi connectivity index (χ0) is 43.8. The third kappa shape index (κ3) is 6.65. The van der Waals surface area contributed by atoms with Crippen LogP contribution >= 0.6 is 0 Å². The number of fused-ring (bicyclic) bond motifs is 7. The fraction of sp³-hybridized carbons (Fsp3) is 0.959. The van der Waals surface area contributed by atoms with Crippen molar-refractivity contribution in [2.24, 2.45) is 73.9 Å². The molecule has 1 saturated heterocycles. The molecule has 14 atom stereocenters. The third-order valence-electron chi connectivity index (χ3n) is 21.3. The van der Waals surface area contributed by atoms with Crippen LogP contribution < -0.4 is 5.32 Å². The first kappa shape index (κ1) is 45.3. The Morgan fingerprint density at radius 2 is 1.40 bits per heavy atom. The number of piperazine rings is 1. The molecule has 0 bridgehead atoms. The van der Waals surface area contributed by atoms with Crippen LogP contribution in [-0.2, 0) is 24.3 Å². The number of carboxylic acid groups (broad SMARTS) is 1. The molecule has 8 aliphatic rings. The normalized spacial score (nSPS) is 45.5. The Bertz CT molecular complexity index is 1790. The fourth-order valence-electron chi connectivity index (χ4n) is 16.9. The van der Waals surface area contributed by atoms with Gasteiger partial charge in [-0.1, -0.05) is 55.4 Å². The van der Waals surface area contributed by atoms with Gasteiger partial charge in [0.2, 0.25) is 10.0 Å². The van der Waals surface area contributed by atoms with Gasteiger partial charge in [0.25, 0.3) is 0 Å². The minimum absolute atomic E-state index is 0.0593. The molecule has 8 fully saturated rings. The summed E-state index contributed by atoms with van der Waals surface area (Å²) >= 11 is 0. The van der Waals surface area contributed by atoms with Gasteiger partial charge < -0.3 is 20.3 Å². The SMILES string of the molecule is CC(C)S(=O)(=O)N1CCN(C(CN[C@]23CCC(C4(C)CC4)[C@@H]2[C@H]2CC[C@@H]4[C@@]5(C)CC[C@H](OC(=O)[C@H]6C[C@@H](C(=O)O)C6(C)C)C(C)(C)[C@@H]5CC[C@@]4(C)[C@]2(C)CC3)[C@@H](C)O)CC1. The second-order valence-corrected chi connectivity index (χ2v) is 27.1. The molecule has 0 spiro atoms. The van der Waals surface area contributed by atoms with E-state index in [0.717, 1.165) is 25.8 Å². The Hall–Kier alpha value is -1.27. The minimum atomic E-state index is -3.29. The van der Waals surface area contributed by atoms with Crippen molar-refractivity contribution in [3.63, 3.8) is 0 Å². The van der Waals surface area contributed by atoms with E-state index in [9.17, 15) is 28.2 Å². The number of hydrogen-bond donors (Lipinski definition) is 3. The van der Waals surface area contributed by atoms with E-state index in [1.807, 2.05) is 20.8 Å². The highest BCUT2D eigenvalue weighted by molar-refractivity contribution is 7.89. The number of aliphatic hydroxyl groups excluding tert-OH is 1. The molecule has 0 amide bonds. The number of aliphatic hydroxyl groups is 1. The highest BCUT2D eigenvalue weighted by atomic mass is 32.2. The largest absolute Gasteiger partial charge is 0.481 e. The van der Waals surface area contributed by atoms with Crippen molar-refractivity contribution in [2.45, 2.75) is 189 Å². The van der Waals surface area contributed by atoms with Crippen molar-refractivity contribution in [1.82, 2.24) is 14.5 Å². The molecule has 3 N–H and O–H groups in total. The summed E-state index contributed by atoms with van der Waals surface area (Å²) < 4.78 is 34.1. The van der Waals surface area contributed by atoms with Gasteiger partial charge >= 0.3 is 11.9 Å². The molecule has 60 heavy (non-hydrogen) atoms. The molecular formula is C49H83N3O7S. The van der Waals surface area contributed by atoms with Gasteiger partial charge in [-0.05, 0) is 161 Å². The quantitative estimate of drug-likeness (QED) is 0.177. The predicted molar refractivity (Wildman–Crippen MR) is 235 cm³/mol. The van der Waals surface area contributed by atoms with Gasteiger partial charge in [-0.3, -0.25) is 14.5 Å². The monoisotopic (exact) mass is 858 g/mol. The van der Waals surface area contributed by atoms with Crippen LogP contribution in [-0.4, -0.2) is 102 Å². The zero-order valence-corrected chi connectivity index (χ0v) is 40.1. The van der Waals surface area contributed by atoms with Gasteiger partial charge in [0.05, 0.1) is 23.2 Å². The van der Waals surface area contributed by atoms with E-state index in [4.69, 9.17) is 4.74 Å². The molecule has 0 aromatic rings. The molecule has 2 unspecified atom stereocenters. The van der Waals surface area contributed by atoms with Crippen LogP contribution in [0.3, 0.4) is 0 Å². The van der Waals surface area contributed by atoms with E-state index in [1.165, 1.54) is 57.8 Å². The Morgan fingerprint density at radius 3 is 1.98 bits per heavy atom. The lowest BCUT2D eigenvalue weighted by molar-refractivity contribution is -0.250.